The average molecular weight is 693 g/mol. The molecule has 0 fully saturated rings. The van der Waals surface area contributed by atoms with Gasteiger partial charge in [-0.1, -0.05) is 48.5 Å². The van der Waals surface area contributed by atoms with E-state index >= 15 is 0 Å². The van der Waals surface area contributed by atoms with Crippen molar-refractivity contribution in [2.45, 2.75) is 0 Å². The first-order valence-electron chi connectivity index (χ1n) is 17.6. The Hall–Kier alpha value is -7.80. The Labute approximate surface area is 310 Å². The van der Waals surface area contributed by atoms with Crippen molar-refractivity contribution >= 4 is 32.3 Å². The first-order valence-corrected chi connectivity index (χ1v) is 17.6. The van der Waals surface area contributed by atoms with Gasteiger partial charge >= 0.3 is 0 Å². The van der Waals surface area contributed by atoms with Crippen LogP contribution in [0.5, 0.6) is 0 Å². The quantitative estimate of drug-likeness (QED) is 0.174. The topological polar surface area (TPSA) is 83.7 Å². The highest BCUT2D eigenvalue weighted by Crippen LogP contribution is 2.44. The third kappa shape index (κ3) is 4.87. The molecular weight excluding hydrogens is 665 g/mol. The number of furan rings is 2. The van der Waals surface area contributed by atoms with Crippen LogP contribution in [0.4, 0.5) is 0 Å². The predicted octanol–water partition coefficient (Wildman–Crippen LogP) is 12.3. The molecule has 10 aromatic rings. The number of hydrogen-bond donors (Lipinski definition) is 0. The van der Waals surface area contributed by atoms with Gasteiger partial charge in [0.25, 0.3) is 0 Å². The zero-order chi connectivity index (χ0) is 36.2. The molecule has 0 atom stereocenters. The van der Waals surface area contributed by atoms with Gasteiger partial charge in [0, 0.05) is 68.6 Å². The Kier molecular flexibility index (Phi) is 7.15. The molecule has 0 aliphatic heterocycles. The van der Waals surface area contributed by atoms with Gasteiger partial charge in [-0.2, -0.15) is 10.5 Å². The lowest BCUT2D eigenvalue weighted by Crippen LogP contribution is -2.01. The maximum Gasteiger partial charge on any atom is 0.134 e. The van der Waals surface area contributed by atoms with E-state index in [1.807, 2.05) is 78.9 Å². The van der Waals surface area contributed by atoms with E-state index in [9.17, 15) is 10.5 Å². The predicted molar refractivity (Wildman–Crippen MR) is 213 cm³/mol. The number of hydrogen-bond acceptors (Lipinski definition) is 4. The Morgan fingerprint density at radius 2 is 1.04 bits per heavy atom. The van der Waals surface area contributed by atoms with Crippen molar-refractivity contribution in [1.82, 2.24) is 9.13 Å². The van der Waals surface area contributed by atoms with E-state index in [0.717, 1.165) is 88.6 Å². The summed E-state index contributed by atoms with van der Waals surface area (Å²) in [4.78, 5) is 0. The standard InChI is InChI=1S/C48H28N4O2/c49-29-33-27-40(44(30-50)35-10-2-1-9-34(33)35)31-14-16-39-43(26-31)45(51-19-3-4-20-51)28-41(48(39)52-21-5-6-22-52)32-13-15-36-37(46-11-7-23-53-46)17-18-38(42(36)25-32)47-12-8-24-54-47/h1-28H. The zero-order valence-electron chi connectivity index (χ0n) is 28.8. The molecule has 252 valence electrons. The summed E-state index contributed by atoms with van der Waals surface area (Å²) < 4.78 is 16.1. The molecule has 0 unspecified atom stereocenters. The lowest BCUT2D eigenvalue weighted by molar-refractivity contribution is 0.581. The SMILES string of the molecule is N#Cc1cc(-c2ccc3c(-n4cccc4)c(-c4ccc5c(-c6ccco6)ccc(-c6ccco6)c5c4)cc(-n4cccc4)c3c2)c(C#N)c2ccccc12. The lowest BCUT2D eigenvalue weighted by atomic mass is 9.88. The maximum atomic E-state index is 10.5. The molecule has 0 saturated carbocycles. The van der Waals surface area contributed by atoms with Crippen LogP contribution in [0.15, 0.2) is 180 Å². The third-order valence-electron chi connectivity index (χ3n) is 10.3. The molecule has 0 aliphatic carbocycles. The van der Waals surface area contributed by atoms with Crippen molar-refractivity contribution in [3.8, 4) is 68.4 Å². The fourth-order valence-electron chi connectivity index (χ4n) is 7.87. The van der Waals surface area contributed by atoms with E-state index in [1.54, 1.807) is 12.5 Å². The van der Waals surface area contributed by atoms with Gasteiger partial charge in [0.15, 0.2) is 0 Å². The first kappa shape index (κ1) is 31.0. The molecule has 0 spiro atoms. The number of nitrogens with zero attached hydrogens (tertiary/aromatic N) is 4. The summed E-state index contributed by atoms with van der Waals surface area (Å²) in [5, 5.41) is 26.3. The van der Waals surface area contributed by atoms with Crippen LogP contribution >= 0.6 is 0 Å². The van der Waals surface area contributed by atoms with Crippen LogP contribution in [0, 0.1) is 22.7 Å². The maximum absolute atomic E-state index is 10.5. The molecule has 6 nitrogen and oxygen atoms in total. The molecule has 0 N–H and O–H groups in total. The number of rotatable bonds is 6. The summed E-state index contributed by atoms with van der Waals surface area (Å²) in [5.74, 6) is 1.59. The molecule has 0 saturated heterocycles. The Bertz CT molecular complexity index is 3100. The minimum atomic E-state index is 0.536. The molecule has 54 heavy (non-hydrogen) atoms. The van der Waals surface area contributed by atoms with Gasteiger partial charge in [-0.3, -0.25) is 0 Å². The molecule has 10 rings (SSSR count). The summed E-state index contributed by atoms with van der Waals surface area (Å²) in [5.41, 5.74) is 8.76. The largest absolute Gasteiger partial charge is 0.464 e. The Morgan fingerprint density at radius 3 is 1.69 bits per heavy atom. The van der Waals surface area contributed by atoms with Crippen molar-refractivity contribution < 1.29 is 8.83 Å². The summed E-state index contributed by atoms with van der Waals surface area (Å²) in [6, 6.07) is 49.6. The van der Waals surface area contributed by atoms with E-state index in [1.165, 1.54) is 0 Å². The zero-order valence-corrected chi connectivity index (χ0v) is 28.8. The van der Waals surface area contributed by atoms with Crippen LogP contribution in [0.3, 0.4) is 0 Å². The molecule has 4 aromatic heterocycles. The van der Waals surface area contributed by atoms with Crippen LogP contribution in [0.2, 0.25) is 0 Å². The summed E-state index contributed by atoms with van der Waals surface area (Å²) in [7, 11) is 0. The number of aromatic nitrogens is 2. The monoisotopic (exact) mass is 692 g/mol. The third-order valence-corrected chi connectivity index (χ3v) is 10.3. The minimum absolute atomic E-state index is 0.536. The van der Waals surface area contributed by atoms with Crippen molar-refractivity contribution in [2.24, 2.45) is 0 Å². The molecular formula is C48H28N4O2. The van der Waals surface area contributed by atoms with Crippen molar-refractivity contribution in [3.05, 3.63) is 182 Å². The van der Waals surface area contributed by atoms with E-state index in [2.05, 4.69) is 101 Å². The highest BCUT2D eigenvalue weighted by Gasteiger charge is 2.21. The number of fused-ring (bicyclic) bond motifs is 3. The molecule has 6 heteroatoms. The van der Waals surface area contributed by atoms with Crippen molar-refractivity contribution in [3.63, 3.8) is 0 Å². The molecule has 0 bridgehead atoms. The van der Waals surface area contributed by atoms with Gasteiger partial charge in [0.05, 0.1) is 41.1 Å². The van der Waals surface area contributed by atoms with Gasteiger partial charge in [-0.05, 0) is 107 Å². The van der Waals surface area contributed by atoms with E-state index in [-0.39, 0.29) is 0 Å². The van der Waals surface area contributed by atoms with E-state index < -0.39 is 0 Å². The number of benzene rings is 6. The average Bonchev–Trinajstić information content (AvgIpc) is 4.07. The molecule has 0 amide bonds. The van der Waals surface area contributed by atoms with E-state index in [0.29, 0.717) is 11.1 Å². The normalized spacial score (nSPS) is 11.3. The molecule has 0 radical (unpaired) electrons. The van der Waals surface area contributed by atoms with Gasteiger partial charge < -0.3 is 18.0 Å². The second-order valence-electron chi connectivity index (χ2n) is 13.2. The first-order chi connectivity index (χ1) is 26.7. The fraction of sp³-hybridized carbons (Fsp3) is 0. The van der Waals surface area contributed by atoms with Crippen LogP contribution in [-0.2, 0) is 0 Å². The van der Waals surface area contributed by atoms with Gasteiger partial charge in [-0.25, -0.2) is 0 Å². The van der Waals surface area contributed by atoms with Crippen LogP contribution in [0.1, 0.15) is 11.1 Å². The second-order valence-corrected chi connectivity index (χ2v) is 13.2. The molecule has 0 aliphatic rings. The molecule has 4 heterocycles. The van der Waals surface area contributed by atoms with Crippen LogP contribution in [0.25, 0.3) is 88.6 Å². The summed E-state index contributed by atoms with van der Waals surface area (Å²) in [6.45, 7) is 0. The highest BCUT2D eigenvalue weighted by molar-refractivity contribution is 6.09. The van der Waals surface area contributed by atoms with Gasteiger partial charge in [0.2, 0.25) is 0 Å². The lowest BCUT2D eigenvalue weighted by Gasteiger charge is -2.21. The highest BCUT2D eigenvalue weighted by atomic mass is 16.3. The molecule has 6 aromatic carbocycles. The van der Waals surface area contributed by atoms with Gasteiger partial charge in [0.1, 0.15) is 17.6 Å². The minimum Gasteiger partial charge on any atom is -0.464 e. The Morgan fingerprint density at radius 1 is 0.426 bits per heavy atom. The summed E-state index contributed by atoms with van der Waals surface area (Å²) in [6.07, 6.45) is 11.7. The number of nitriles is 2. The van der Waals surface area contributed by atoms with Crippen LogP contribution in [-0.4, -0.2) is 9.13 Å². The smallest absolute Gasteiger partial charge is 0.134 e. The van der Waals surface area contributed by atoms with Crippen molar-refractivity contribution in [1.29, 1.82) is 10.5 Å². The van der Waals surface area contributed by atoms with Crippen LogP contribution < -0.4 is 0 Å². The summed E-state index contributed by atoms with van der Waals surface area (Å²) >= 11 is 0. The Balaban J connectivity index is 1.27. The van der Waals surface area contributed by atoms with Gasteiger partial charge in [-0.15, -0.1) is 0 Å². The fourth-order valence-corrected chi connectivity index (χ4v) is 7.87. The van der Waals surface area contributed by atoms with Crippen molar-refractivity contribution in [2.75, 3.05) is 0 Å². The second kappa shape index (κ2) is 12.5. The van der Waals surface area contributed by atoms with E-state index in [4.69, 9.17) is 8.83 Å².